The average molecular weight is 464 g/mol. The fourth-order valence-corrected chi connectivity index (χ4v) is 4.76. The first-order chi connectivity index (χ1) is 15.9. The topological polar surface area (TPSA) is 89.9 Å². The molecule has 1 fully saturated rings. The second-order valence-electron chi connectivity index (χ2n) is 7.69. The van der Waals surface area contributed by atoms with E-state index >= 15 is 0 Å². The van der Waals surface area contributed by atoms with Crippen molar-refractivity contribution >= 4 is 33.4 Å². The molecule has 0 atom stereocenters. The number of phenols is 1. The number of hydrogen-bond donors (Lipinski definition) is 2. The third kappa shape index (κ3) is 5.79. The van der Waals surface area contributed by atoms with Crippen molar-refractivity contribution in [3.8, 4) is 5.75 Å². The molecule has 2 N–H and O–H groups in total. The lowest BCUT2D eigenvalue weighted by atomic mass is 10.1. The second-order valence-corrected chi connectivity index (χ2v) is 9.51. The maximum Gasteiger partial charge on any atom is 0.255 e. The minimum Gasteiger partial charge on any atom is -0.508 e. The number of carbonyl (C=O) groups is 1. The van der Waals surface area contributed by atoms with Crippen LogP contribution in [0.1, 0.15) is 15.9 Å². The molecule has 1 amide bonds. The van der Waals surface area contributed by atoms with E-state index in [2.05, 4.69) is 10.2 Å². The van der Waals surface area contributed by atoms with Gasteiger partial charge >= 0.3 is 0 Å². The number of nitrogens with one attached hydrogen (secondary N) is 1. The minimum atomic E-state index is -3.48. The molecule has 0 bridgehead atoms. The van der Waals surface area contributed by atoms with Crippen LogP contribution < -0.4 is 10.2 Å². The van der Waals surface area contributed by atoms with E-state index in [0.717, 1.165) is 11.3 Å². The number of anilines is 2. The van der Waals surface area contributed by atoms with Crippen LogP contribution >= 0.6 is 0 Å². The summed E-state index contributed by atoms with van der Waals surface area (Å²) >= 11 is 0. The summed E-state index contributed by atoms with van der Waals surface area (Å²) in [6.45, 7) is 1.92. The molecule has 7 nitrogen and oxygen atoms in total. The Hall–Kier alpha value is -3.62. The van der Waals surface area contributed by atoms with Gasteiger partial charge in [0.15, 0.2) is 0 Å². The van der Waals surface area contributed by atoms with E-state index in [9.17, 15) is 18.3 Å². The zero-order valence-electron chi connectivity index (χ0n) is 18.0. The molecule has 1 saturated heterocycles. The summed E-state index contributed by atoms with van der Waals surface area (Å²) < 4.78 is 26.8. The largest absolute Gasteiger partial charge is 0.508 e. The van der Waals surface area contributed by atoms with Gasteiger partial charge in [-0.05, 0) is 60.2 Å². The van der Waals surface area contributed by atoms with Crippen molar-refractivity contribution in [3.63, 3.8) is 0 Å². The Morgan fingerprint density at radius 2 is 1.48 bits per heavy atom. The number of amides is 1. The first-order valence-electron chi connectivity index (χ1n) is 10.6. The highest BCUT2D eigenvalue weighted by atomic mass is 32.2. The van der Waals surface area contributed by atoms with Crippen LogP contribution in [0.25, 0.3) is 6.08 Å². The zero-order valence-corrected chi connectivity index (χ0v) is 18.8. The van der Waals surface area contributed by atoms with Crippen LogP contribution in [-0.4, -0.2) is 49.9 Å². The Bertz CT molecular complexity index is 1220. The van der Waals surface area contributed by atoms with E-state index in [1.165, 1.54) is 21.8 Å². The van der Waals surface area contributed by atoms with Crippen LogP contribution in [0.15, 0.2) is 84.3 Å². The normalized spacial score (nSPS) is 15.0. The van der Waals surface area contributed by atoms with Gasteiger partial charge in [0.05, 0.1) is 0 Å². The van der Waals surface area contributed by atoms with Gasteiger partial charge in [-0.15, -0.1) is 0 Å². The molecule has 0 radical (unpaired) electrons. The molecular weight excluding hydrogens is 438 g/mol. The number of benzene rings is 3. The molecule has 1 aliphatic rings. The molecule has 0 aliphatic carbocycles. The summed E-state index contributed by atoms with van der Waals surface area (Å²) in [5.41, 5.74) is 2.89. The summed E-state index contributed by atoms with van der Waals surface area (Å²) in [6, 6.07) is 22.8. The van der Waals surface area contributed by atoms with Crippen molar-refractivity contribution in [1.29, 1.82) is 0 Å². The molecule has 1 heterocycles. The van der Waals surface area contributed by atoms with Crippen LogP contribution in [0.3, 0.4) is 0 Å². The molecular formula is C25H25N3O4S. The van der Waals surface area contributed by atoms with Gasteiger partial charge in [-0.25, -0.2) is 8.42 Å². The summed E-state index contributed by atoms with van der Waals surface area (Å²) in [6.07, 6.45) is 1.61. The number of piperazine rings is 1. The molecule has 4 rings (SSSR count). The number of phenolic OH excluding ortho intramolecular Hbond substituents is 1. The van der Waals surface area contributed by atoms with Gasteiger partial charge in [0.25, 0.3) is 5.91 Å². The maximum absolute atomic E-state index is 12.7. The van der Waals surface area contributed by atoms with E-state index in [4.69, 9.17) is 0 Å². The summed E-state index contributed by atoms with van der Waals surface area (Å²) in [5, 5.41) is 13.4. The monoisotopic (exact) mass is 463 g/mol. The second kappa shape index (κ2) is 9.89. The number of sulfonamides is 1. The number of nitrogens with zero attached hydrogens (tertiary/aromatic N) is 2. The molecule has 3 aromatic rings. The van der Waals surface area contributed by atoms with Crippen LogP contribution in [-0.2, 0) is 10.0 Å². The van der Waals surface area contributed by atoms with Crippen LogP contribution in [0.5, 0.6) is 5.75 Å². The molecule has 1 aliphatic heterocycles. The Balaban J connectivity index is 1.33. The predicted molar refractivity (Wildman–Crippen MR) is 131 cm³/mol. The van der Waals surface area contributed by atoms with Crippen LogP contribution in [0.4, 0.5) is 11.4 Å². The van der Waals surface area contributed by atoms with Gasteiger partial charge < -0.3 is 15.3 Å². The van der Waals surface area contributed by atoms with Crippen LogP contribution in [0.2, 0.25) is 0 Å². The highest BCUT2D eigenvalue weighted by molar-refractivity contribution is 7.92. The summed E-state index contributed by atoms with van der Waals surface area (Å²) in [5.74, 6) is -0.106. The maximum atomic E-state index is 12.7. The average Bonchev–Trinajstić information content (AvgIpc) is 2.85. The first-order valence-corrected chi connectivity index (χ1v) is 12.1. The van der Waals surface area contributed by atoms with Crippen molar-refractivity contribution < 1.29 is 18.3 Å². The molecule has 170 valence electrons. The van der Waals surface area contributed by atoms with E-state index in [1.807, 2.05) is 42.5 Å². The molecule has 33 heavy (non-hydrogen) atoms. The minimum absolute atomic E-state index is 0.137. The quantitative estimate of drug-likeness (QED) is 0.543. The number of aromatic hydroxyl groups is 1. The SMILES string of the molecule is O=C(Nc1ccc(O)cc1)c1ccc(N2CCN(S(=O)(=O)C=Cc3ccccc3)CC2)cc1. The van der Waals surface area contributed by atoms with Crippen molar-refractivity contribution in [1.82, 2.24) is 4.31 Å². The van der Waals surface area contributed by atoms with Gasteiger partial charge in [-0.3, -0.25) is 4.79 Å². The van der Waals surface area contributed by atoms with Crippen molar-refractivity contribution in [2.45, 2.75) is 0 Å². The van der Waals surface area contributed by atoms with E-state index in [0.29, 0.717) is 37.4 Å². The van der Waals surface area contributed by atoms with Gasteiger partial charge in [-0.2, -0.15) is 4.31 Å². The number of hydrogen-bond acceptors (Lipinski definition) is 5. The Kier molecular flexibility index (Phi) is 6.76. The Morgan fingerprint density at radius 3 is 2.12 bits per heavy atom. The Labute approximate surface area is 193 Å². The van der Waals surface area contributed by atoms with Crippen molar-refractivity contribution in [2.24, 2.45) is 0 Å². The lowest BCUT2D eigenvalue weighted by Gasteiger charge is -2.34. The van der Waals surface area contributed by atoms with E-state index < -0.39 is 10.0 Å². The summed E-state index contributed by atoms with van der Waals surface area (Å²) in [4.78, 5) is 14.5. The fourth-order valence-electron chi connectivity index (χ4n) is 3.59. The molecule has 8 heteroatoms. The van der Waals surface area contributed by atoms with Gasteiger partial charge in [0.2, 0.25) is 10.0 Å². The highest BCUT2D eigenvalue weighted by Gasteiger charge is 2.25. The number of rotatable bonds is 6. The van der Waals surface area contributed by atoms with Crippen molar-refractivity contribution in [3.05, 3.63) is 95.4 Å². The molecule has 0 spiro atoms. The lowest BCUT2D eigenvalue weighted by molar-refractivity contribution is 0.102. The number of carbonyl (C=O) groups excluding carboxylic acids is 1. The van der Waals surface area contributed by atoms with Crippen molar-refractivity contribution in [2.75, 3.05) is 36.4 Å². The van der Waals surface area contributed by atoms with E-state index in [1.54, 1.807) is 30.3 Å². The summed E-state index contributed by atoms with van der Waals surface area (Å²) in [7, 11) is -3.48. The third-order valence-corrected chi connectivity index (χ3v) is 7.02. The zero-order chi connectivity index (χ0) is 23.3. The third-order valence-electron chi connectivity index (χ3n) is 5.45. The molecule has 3 aromatic carbocycles. The molecule has 0 aromatic heterocycles. The lowest BCUT2D eigenvalue weighted by Crippen LogP contribution is -2.48. The predicted octanol–water partition coefficient (Wildman–Crippen LogP) is 3.77. The van der Waals surface area contributed by atoms with Gasteiger partial charge in [-0.1, -0.05) is 30.3 Å². The first kappa shape index (κ1) is 22.6. The molecule has 0 unspecified atom stereocenters. The van der Waals surface area contributed by atoms with Crippen LogP contribution in [0, 0.1) is 0 Å². The molecule has 0 saturated carbocycles. The van der Waals surface area contributed by atoms with E-state index in [-0.39, 0.29) is 11.7 Å². The fraction of sp³-hybridized carbons (Fsp3) is 0.160. The smallest absolute Gasteiger partial charge is 0.255 e. The Morgan fingerprint density at radius 1 is 0.848 bits per heavy atom. The highest BCUT2D eigenvalue weighted by Crippen LogP contribution is 2.20. The van der Waals surface area contributed by atoms with Gasteiger partial charge in [0, 0.05) is 48.5 Å². The standard InChI is InChI=1S/C25H25N3O4S/c29-24-12-8-22(9-13-24)26-25(30)21-6-10-23(11-7-21)27-15-17-28(18-16-27)33(31,32)19-14-20-4-2-1-3-5-20/h1-14,19,29H,15-18H2,(H,26,30). The van der Waals surface area contributed by atoms with Gasteiger partial charge in [0.1, 0.15) is 5.75 Å².